The second kappa shape index (κ2) is 6.30. The van der Waals surface area contributed by atoms with Crippen LogP contribution in [-0.4, -0.2) is 23.6 Å². The van der Waals surface area contributed by atoms with Crippen LogP contribution in [0.5, 0.6) is 5.75 Å². The lowest BCUT2D eigenvalue weighted by atomic mass is 9.97. The Kier molecular flexibility index (Phi) is 5.00. The van der Waals surface area contributed by atoms with Crippen LogP contribution < -0.4 is 10.1 Å². The standard InChI is InChI=1S/C13H16FN3O3/c1-9(7-13(2,8-15)16-3)20-12-5-4-10(17(18)19)6-11(12)14/h4-6,9,16H,7H2,1-3H3. The van der Waals surface area contributed by atoms with Gasteiger partial charge < -0.3 is 10.1 Å². The molecule has 0 saturated carbocycles. The van der Waals surface area contributed by atoms with Gasteiger partial charge in [0.1, 0.15) is 5.54 Å². The zero-order valence-electron chi connectivity index (χ0n) is 11.5. The van der Waals surface area contributed by atoms with Gasteiger partial charge in [-0.3, -0.25) is 10.1 Å². The summed E-state index contributed by atoms with van der Waals surface area (Å²) in [7, 11) is 1.66. The highest BCUT2D eigenvalue weighted by molar-refractivity contribution is 5.37. The van der Waals surface area contributed by atoms with Gasteiger partial charge in [0.05, 0.1) is 23.2 Å². The van der Waals surface area contributed by atoms with Crippen molar-refractivity contribution in [1.82, 2.24) is 5.32 Å². The molecule has 0 aliphatic rings. The van der Waals surface area contributed by atoms with E-state index in [1.165, 1.54) is 12.1 Å². The van der Waals surface area contributed by atoms with Gasteiger partial charge in [-0.15, -0.1) is 0 Å². The van der Waals surface area contributed by atoms with E-state index in [0.717, 1.165) is 6.07 Å². The molecule has 6 nitrogen and oxygen atoms in total. The highest BCUT2D eigenvalue weighted by atomic mass is 19.1. The van der Waals surface area contributed by atoms with Gasteiger partial charge in [0.15, 0.2) is 11.6 Å². The SMILES string of the molecule is CNC(C)(C#N)CC(C)Oc1ccc([N+](=O)[O-])cc1F. The zero-order valence-corrected chi connectivity index (χ0v) is 11.5. The Bertz CT molecular complexity index is 544. The predicted molar refractivity (Wildman–Crippen MR) is 70.8 cm³/mol. The van der Waals surface area contributed by atoms with Crippen LogP contribution in [0.25, 0.3) is 0 Å². The van der Waals surface area contributed by atoms with E-state index in [-0.39, 0.29) is 11.4 Å². The second-order valence-corrected chi connectivity index (χ2v) is 4.70. The first-order valence-corrected chi connectivity index (χ1v) is 6.02. The molecule has 0 radical (unpaired) electrons. The molecule has 2 unspecified atom stereocenters. The van der Waals surface area contributed by atoms with Crippen molar-refractivity contribution in [3.63, 3.8) is 0 Å². The van der Waals surface area contributed by atoms with Gasteiger partial charge >= 0.3 is 0 Å². The van der Waals surface area contributed by atoms with Crippen molar-refractivity contribution in [2.45, 2.75) is 31.9 Å². The highest BCUT2D eigenvalue weighted by Crippen LogP contribution is 2.25. The Hall–Kier alpha value is -2.20. The molecule has 0 aliphatic heterocycles. The van der Waals surface area contributed by atoms with E-state index >= 15 is 0 Å². The summed E-state index contributed by atoms with van der Waals surface area (Å²) in [5.74, 6) is -0.867. The number of hydrogen-bond acceptors (Lipinski definition) is 5. The number of benzene rings is 1. The van der Waals surface area contributed by atoms with E-state index in [4.69, 9.17) is 10.00 Å². The lowest BCUT2D eigenvalue weighted by Gasteiger charge is -2.25. The maximum atomic E-state index is 13.7. The van der Waals surface area contributed by atoms with Crippen molar-refractivity contribution in [2.24, 2.45) is 0 Å². The summed E-state index contributed by atoms with van der Waals surface area (Å²) in [5, 5.41) is 22.4. The Balaban J connectivity index is 2.79. The molecule has 1 N–H and O–H groups in total. The Morgan fingerprint density at radius 3 is 2.75 bits per heavy atom. The fourth-order valence-corrected chi connectivity index (χ4v) is 1.74. The largest absolute Gasteiger partial charge is 0.488 e. The minimum atomic E-state index is -0.797. The van der Waals surface area contributed by atoms with Gasteiger partial charge in [0, 0.05) is 12.5 Å². The van der Waals surface area contributed by atoms with E-state index < -0.39 is 22.4 Å². The number of ether oxygens (including phenoxy) is 1. The molecule has 1 rings (SSSR count). The van der Waals surface area contributed by atoms with E-state index in [9.17, 15) is 14.5 Å². The van der Waals surface area contributed by atoms with E-state index in [1.807, 2.05) is 0 Å². The average molecular weight is 281 g/mol. The van der Waals surface area contributed by atoms with Crippen LogP contribution in [0.4, 0.5) is 10.1 Å². The maximum absolute atomic E-state index is 13.7. The van der Waals surface area contributed by atoms with E-state index in [0.29, 0.717) is 6.42 Å². The number of nitriles is 1. The molecule has 2 atom stereocenters. The first-order chi connectivity index (χ1) is 9.31. The van der Waals surface area contributed by atoms with Crippen molar-refractivity contribution in [3.05, 3.63) is 34.1 Å². The molecule has 1 aromatic carbocycles. The fourth-order valence-electron chi connectivity index (χ4n) is 1.74. The average Bonchev–Trinajstić information content (AvgIpc) is 2.40. The molecule has 0 saturated heterocycles. The first-order valence-electron chi connectivity index (χ1n) is 6.02. The van der Waals surface area contributed by atoms with Gasteiger partial charge in [0.25, 0.3) is 5.69 Å². The van der Waals surface area contributed by atoms with Gasteiger partial charge in [-0.1, -0.05) is 0 Å². The predicted octanol–water partition coefficient (Wildman–Crippen LogP) is 2.39. The highest BCUT2D eigenvalue weighted by Gasteiger charge is 2.25. The number of nitro benzene ring substituents is 1. The Labute approximate surface area is 116 Å². The Morgan fingerprint density at radius 2 is 2.30 bits per heavy atom. The molecular formula is C13H16FN3O3. The maximum Gasteiger partial charge on any atom is 0.272 e. The summed E-state index contributed by atoms with van der Waals surface area (Å²) in [4.78, 5) is 9.83. The number of nitro groups is 1. The zero-order chi connectivity index (χ0) is 15.3. The monoisotopic (exact) mass is 281 g/mol. The third kappa shape index (κ3) is 3.90. The van der Waals surface area contributed by atoms with E-state index in [2.05, 4.69) is 11.4 Å². The van der Waals surface area contributed by atoms with Gasteiger partial charge in [-0.05, 0) is 27.0 Å². The van der Waals surface area contributed by atoms with Crippen molar-refractivity contribution in [2.75, 3.05) is 7.05 Å². The molecule has 0 heterocycles. The Morgan fingerprint density at radius 1 is 1.65 bits per heavy atom. The van der Waals surface area contributed by atoms with Crippen LogP contribution in [0.1, 0.15) is 20.3 Å². The molecule has 0 aliphatic carbocycles. The van der Waals surface area contributed by atoms with Crippen LogP contribution in [0, 0.1) is 27.3 Å². The van der Waals surface area contributed by atoms with Gasteiger partial charge in [0.2, 0.25) is 0 Å². The van der Waals surface area contributed by atoms with Crippen LogP contribution in [0.3, 0.4) is 0 Å². The van der Waals surface area contributed by atoms with Crippen molar-refractivity contribution in [1.29, 1.82) is 5.26 Å². The lowest BCUT2D eigenvalue weighted by Crippen LogP contribution is -2.41. The van der Waals surface area contributed by atoms with Crippen LogP contribution in [0.2, 0.25) is 0 Å². The van der Waals surface area contributed by atoms with Crippen LogP contribution >= 0.6 is 0 Å². The van der Waals surface area contributed by atoms with E-state index in [1.54, 1.807) is 20.9 Å². The molecule has 0 bridgehead atoms. The summed E-state index contributed by atoms with van der Waals surface area (Å²) in [6, 6.07) is 5.31. The molecule has 0 fully saturated rings. The molecule has 0 aromatic heterocycles. The summed E-state index contributed by atoms with van der Waals surface area (Å²) in [6.07, 6.45) is -0.0840. The molecule has 1 aromatic rings. The van der Waals surface area contributed by atoms with Gasteiger partial charge in [-0.25, -0.2) is 4.39 Å². The van der Waals surface area contributed by atoms with Crippen molar-refractivity contribution >= 4 is 5.69 Å². The molecule has 0 amide bonds. The molecule has 20 heavy (non-hydrogen) atoms. The number of non-ortho nitro benzene ring substituents is 1. The molecule has 108 valence electrons. The minimum Gasteiger partial charge on any atom is -0.488 e. The summed E-state index contributed by atoms with van der Waals surface area (Å²) in [5.41, 5.74) is -1.11. The fraction of sp³-hybridized carbons (Fsp3) is 0.462. The number of hydrogen-bond donors (Lipinski definition) is 1. The lowest BCUT2D eigenvalue weighted by molar-refractivity contribution is -0.385. The van der Waals surface area contributed by atoms with Crippen molar-refractivity contribution in [3.8, 4) is 11.8 Å². The quantitative estimate of drug-likeness (QED) is 0.639. The second-order valence-electron chi connectivity index (χ2n) is 4.70. The minimum absolute atomic E-state index is 0.0699. The number of nitrogens with one attached hydrogen (secondary N) is 1. The number of rotatable bonds is 6. The smallest absolute Gasteiger partial charge is 0.272 e. The normalized spacial score (nSPS) is 14.9. The third-order valence-corrected chi connectivity index (χ3v) is 2.95. The summed E-state index contributed by atoms with van der Waals surface area (Å²) in [6.45, 7) is 3.41. The number of halogens is 1. The molecule has 7 heteroatoms. The third-order valence-electron chi connectivity index (χ3n) is 2.95. The van der Waals surface area contributed by atoms with Crippen LogP contribution in [-0.2, 0) is 0 Å². The first kappa shape index (κ1) is 15.9. The molecule has 0 spiro atoms. The van der Waals surface area contributed by atoms with Gasteiger partial charge in [-0.2, -0.15) is 5.26 Å². The topological polar surface area (TPSA) is 88.2 Å². The van der Waals surface area contributed by atoms with Crippen LogP contribution in [0.15, 0.2) is 18.2 Å². The molecular weight excluding hydrogens is 265 g/mol. The summed E-state index contributed by atoms with van der Waals surface area (Å²) < 4.78 is 19.0. The summed E-state index contributed by atoms with van der Waals surface area (Å²) >= 11 is 0. The van der Waals surface area contributed by atoms with Crippen molar-refractivity contribution < 1.29 is 14.1 Å². The number of nitrogens with zero attached hydrogens (tertiary/aromatic N) is 2.